The van der Waals surface area contributed by atoms with Crippen molar-refractivity contribution in [3.05, 3.63) is 52.5 Å². The zero-order valence-electron chi connectivity index (χ0n) is 15.2. The summed E-state index contributed by atoms with van der Waals surface area (Å²) >= 11 is 0. The number of nitrogens with one attached hydrogen (secondary N) is 2. The number of anilines is 1. The van der Waals surface area contributed by atoms with E-state index in [9.17, 15) is 14.0 Å². The van der Waals surface area contributed by atoms with E-state index >= 15 is 0 Å². The second-order valence-electron chi connectivity index (χ2n) is 7.18. The summed E-state index contributed by atoms with van der Waals surface area (Å²) < 4.78 is 14.0. The number of piperazine rings is 1. The molecule has 27 heavy (non-hydrogen) atoms. The number of amides is 1. The molecule has 0 saturated carbocycles. The largest absolute Gasteiger partial charge is 0.367 e. The van der Waals surface area contributed by atoms with E-state index in [-0.39, 0.29) is 17.4 Å². The monoisotopic (exact) mass is 373 g/mol. The molecular formula is C19H24FN5O2. The SMILES string of the molecule is O=C(c1c[nH]c(=O)[nH]1)N1CCCC(N2CCN(c3ccccc3F)CC2)C1. The van der Waals surface area contributed by atoms with Gasteiger partial charge in [0.1, 0.15) is 11.5 Å². The molecule has 2 aromatic rings. The van der Waals surface area contributed by atoms with Crippen molar-refractivity contribution in [2.45, 2.75) is 18.9 Å². The lowest BCUT2D eigenvalue weighted by Crippen LogP contribution is -2.56. The van der Waals surface area contributed by atoms with Gasteiger partial charge in [-0.1, -0.05) is 12.1 Å². The molecule has 2 saturated heterocycles. The van der Waals surface area contributed by atoms with Gasteiger partial charge in [-0.2, -0.15) is 0 Å². The lowest BCUT2D eigenvalue weighted by Gasteiger charge is -2.43. The van der Waals surface area contributed by atoms with Crippen LogP contribution in [0, 0.1) is 5.82 Å². The van der Waals surface area contributed by atoms with Crippen LogP contribution < -0.4 is 10.6 Å². The molecule has 2 fully saturated rings. The maximum atomic E-state index is 14.0. The van der Waals surface area contributed by atoms with Crippen LogP contribution in [0.5, 0.6) is 0 Å². The molecule has 0 aliphatic carbocycles. The Kier molecular flexibility index (Phi) is 4.98. The molecule has 0 radical (unpaired) electrons. The number of benzene rings is 1. The number of carbonyl (C=O) groups is 1. The Labute approximate surface area is 156 Å². The fourth-order valence-electron chi connectivity index (χ4n) is 4.09. The summed E-state index contributed by atoms with van der Waals surface area (Å²) in [6.45, 7) is 4.61. The molecule has 1 unspecified atom stereocenters. The second kappa shape index (κ2) is 7.56. The molecule has 0 bridgehead atoms. The summed E-state index contributed by atoms with van der Waals surface area (Å²) in [5.74, 6) is -0.316. The number of piperidine rings is 1. The fraction of sp³-hybridized carbons (Fsp3) is 0.474. The van der Waals surface area contributed by atoms with Crippen LogP contribution >= 0.6 is 0 Å². The normalized spacial score (nSPS) is 21.4. The van der Waals surface area contributed by atoms with Crippen LogP contribution in [-0.2, 0) is 0 Å². The summed E-state index contributed by atoms with van der Waals surface area (Å²) in [6.07, 6.45) is 3.42. The summed E-state index contributed by atoms with van der Waals surface area (Å²) in [6, 6.07) is 7.19. The van der Waals surface area contributed by atoms with Crippen LogP contribution in [0.2, 0.25) is 0 Å². The van der Waals surface area contributed by atoms with Gasteiger partial charge in [0, 0.05) is 51.5 Å². The quantitative estimate of drug-likeness (QED) is 0.850. The topological polar surface area (TPSA) is 75.4 Å². The number of para-hydroxylation sites is 1. The molecule has 1 aromatic carbocycles. The molecule has 144 valence electrons. The van der Waals surface area contributed by atoms with Crippen LogP contribution in [0.3, 0.4) is 0 Å². The number of nitrogens with zero attached hydrogens (tertiary/aromatic N) is 3. The highest BCUT2D eigenvalue weighted by Crippen LogP contribution is 2.23. The molecule has 2 aliphatic heterocycles. The minimum atomic E-state index is -0.365. The molecule has 2 aliphatic rings. The molecule has 1 atom stereocenters. The van der Waals surface area contributed by atoms with Crippen molar-refractivity contribution >= 4 is 11.6 Å². The highest BCUT2D eigenvalue weighted by atomic mass is 19.1. The first kappa shape index (κ1) is 17.8. The van der Waals surface area contributed by atoms with Crippen molar-refractivity contribution in [3.8, 4) is 0 Å². The molecular weight excluding hydrogens is 349 g/mol. The molecule has 3 heterocycles. The molecule has 7 nitrogen and oxygen atoms in total. The van der Waals surface area contributed by atoms with Crippen molar-refractivity contribution in [3.63, 3.8) is 0 Å². The van der Waals surface area contributed by atoms with E-state index in [1.54, 1.807) is 6.07 Å². The lowest BCUT2D eigenvalue weighted by molar-refractivity contribution is 0.0558. The van der Waals surface area contributed by atoms with Crippen LogP contribution in [0.15, 0.2) is 35.3 Å². The van der Waals surface area contributed by atoms with Crippen molar-refractivity contribution in [1.29, 1.82) is 0 Å². The van der Waals surface area contributed by atoms with Gasteiger partial charge in [-0.15, -0.1) is 0 Å². The Balaban J connectivity index is 1.36. The Morgan fingerprint density at radius 2 is 1.89 bits per heavy atom. The predicted molar refractivity (Wildman–Crippen MR) is 101 cm³/mol. The van der Waals surface area contributed by atoms with E-state index in [1.165, 1.54) is 12.3 Å². The molecule has 2 N–H and O–H groups in total. The number of aromatic nitrogens is 2. The van der Waals surface area contributed by atoms with Gasteiger partial charge in [0.15, 0.2) is 0 Å². The van der Waals surface area contributed by atoms with Crippen molar-refractivity contribution < 1.29 is 9.18 Å². The number of imidazole rings is 1. The third-order valence-electron chi connectivity index (χ3n) is 5.53. The predicted octanol–water partition coefficient (Wildman–Crippen LogP) is 1.27. The van der Waals surface area contributed by atoms with E-state index in [4.69, 9.17) is 0 Å². The zero-order valence-corrected chi connectivity index (χ0v) is 15.2. The standard InChI is InChI=1S/C19H24FN5O2/c20-15-5-1-2-6-17(15)24-10-8-23(9-11-24)14-4-3-7-25(13-14)18(26)16-12-21-19(27)22-16/h1-2,5-6,12,14H,3-4,7-11,13H2,(H2,21,22,27). The van der Waals surface area contributed by atoms with Crippen LogP contribution in [0.25, 0.3) is 0 Å². The van der Waals surface area contributed by atoms with Crippen LogP contribution in [-0.4, -0.2) is 71.0 Å². The lowest BCUT2D eigenvalue weighted by atomic mass is 10.0. The van der Waals surface area contributed by atoms with E-state index in [1.807, 2.05) is 17.0 Å². The Morgan fingerprint density at radius 1 is 1.11 bits per heavy atom. The third kappa shape index (κ3) is 3.75. The zero-order chi connectivity index (χ0) is 18.8. The average molecular weight is 373 g/mol. The summed E-state index contributed by atoms with van der Waals surface area (Å²) in [5.41, 5.74) is 0.607. The number of hydrogen-bond donors (Lipinski definition) is 2. The second-order valence-corrected chi connectivity index (χ2v) is 7.18. The van der Waals surface area contributed by atoms with Crippen LogP contribution in [0.1, 0.15) is 23.3 Å². The number of aromatic amines is 2. The minimum absolute atomic E-state index is 0.136. The Hall–Kier alpha value is -2.61. The van der Waals surface area contributed by atoms with Gasteiger partial charge in [-0.3, -0.25) is 9.69 Å². The maximum absolute atomic E-state index is 14.0. The number of hydrogen-bond acceptors (Lipinski definition) is 4. The minimum Gasteiger partial charge on any atom is -0.367 e. The van der Waals surface area contributed by atoms with E-state index in [0.29, 0.717) is 30.5 Å². The first-order chi connectivity index (χ1) is 13.1. The Bertz CT molecular complexity index is 856. The molecule has 4 rings (SSSR count). The van der Waals surface area contributed by atoms with E-state index in [0.717, 1.165) is 39.0 Å². The highest BCUT2D eigenvalue weighted by molar-refractivity contribution is 5.92. The summed E-state index contributed by atoms with van der Waals surface area (Å²) in [5, 5.41) is 0. The number of carbonyl (C=O) groups excluding carboxylic acids is 1. The van der Waals surface area contributed by atoms with Crippen molar-refractivity contribution in [1.82, 2.24) is 19.8 Å². The molecule has 8 heteroatoms. The smallest absolute Gasteiger partial charge is 0.323 e. The molecule has 0 spiro atoms. The van der Waals surface area contributed by atoms with Gasteiger partial charge in [0.25, 0.3) is 5.91 Å². The van der Waals surface area contributed by atoms with E-state index in [2.05, 4.69) is 19.8 Å². The first-order valence-electron chi connectivity index (χ1n) is 9.42. The molecule has 1 amide bonds. The fourth-order valence-corrected chi connectivity index (χ4v) is 4.09. The van der Waals surface area contributed by atoms with Gasteiger partial charge >= 0.3 is 5.69 Å². The van der Waals surface area contributed by atoms with Gasteiger partial charge in [-0.05, 0) is 25.0 Å². The summed E-state index contributed by atoms with van der Waals surface area (Å²) in [4.78, 5) is 35.1. The third-order valence-corrected chi connectivity index (χ3v) is 5.53. The maximum Gasteiger partial charge on any atom is 0.323 e. The van der Waals surface area contributed by atoms with Gasteiger partial charge in [-0.25, -0.2) is 9.18 Å². The van der Waals surface area contributed by atoms with Gasteiger partial charge < -0.3 is 19.8 Å². The van der Waals surface area contributed by atoms with Crippen molar-refractivity contribution in [2.24, 2.45) is 0 Å². The molecule has 1 aromatic heterocycles. The number of halogens is 1. The van der Waals surface area contributed by atoms with E-state index < -0.39 is 0 Å². The van der Waals surface area contributed by atoms with Crippen molar-refractivity contribution in [2.75, 3.05) is 44.2 Å². The first-order valence-corrected chi connectivity index (χ1v) is 9.42. The number of H-pyrrole nitrogens is 2. The average Bonchev–Trinajstić information content (AvgIpc) is 3.14. The number of likely N-dealkylation sites (tertiary alicyclic amines) is 1. The number of rotatable bonds is 3. The Morgan fingerprint density at radius 3 is 2.59 bits per heavy atom. The summed E-state index contributed by atoms with van der Waals surface area (Å²) in [7, 11) is 0. The van der Waals surface area contributed by atoms with Gasteiger partial charge in [0.2, 0.25) is 0 Å². The highest BCUT2D eigenvalue weighted by Gasteiger charge is 2.31. The van der Waals surface area contributed by atoms with Gasteiger partial charge in [0.05, 0.1) is 5.69 Å². The van der Waals surface area contributed by atoms with Crippen LogP contribution in [0.4, 0.5) is 10.1 Å².